The molecule has 3 nitrogen and oxygen atoms in total. The van der Waals surface area contributed by atoms with Gasteiger partial charge in [0.2, 0.25) is 0 Å². The Morgan fingerprint density at radius 1 is 1.36 bits per heavy atom. The molecule has 0 heterocycles. The molecule has 0 saturated carbocycles. The summed E-state index contributed by atoms with van der Waals surface area (Å²) in [5.41, 5.74) is 5.03. The van der Waals surface area contributed by atoms with E-state index in [9.17, 15) is 4.79 Å². The predicted octanol–water partition coefficient (Wildman–Crippen LogP) is 1.57. The van der Waals surface area contributed by atoms with Crippen LogP contribution >= 0.6 is 0 Å². The highest BCUT2D eigenvalue weighted by Gasteiger charge is 2.26. The third kappa shape index (κ3) is 2.78. The molecule has 0 fully saturated rings. The van der Waals surface area contributed by atoms with E-state index in [0.29, 0.717) is 0 Å². The maximum atomic E-state index is 10.9. The Hall–Kier alpha value is -0.730. The molecular weight excluding hydrogens is 140 g/mol. The molecular formula is C8H18N2O. The maximum Gasteiger partial charge on any atom is 0.315 e. The Morgan fingerprint density at radius 3 is 1.73 bits per heavy atom. The average Bonchev–Trinajstić information content (AvgIpc) is 1.54. The van der Waals surface area contributed by atoms with Crippen molar-refractivity contribution < 1.29 is 4.79 Å². The molecule has 2 N–H and O–H groups in total. The number of amides is 2. The van der Waals surface area contributed by atoms with Crippen molar-refractivity contribution in [1.82, 2.24) is 4.90 Å². The van der Waals surface area contributed by atoms with Gasteiger partial charge in [-0.15, -0.1) is 0 Å². The average molecular weight is 158 g/mol. The van der Waals surface area contributed by atoms with Gasteiger partial charge < -0.3 is 10.6 Å². The van der Waals surface area contributed by atoms with Gasteiger partial charge in [-0.2, -0.15) is 0 Å². The Morgan fingerprint density at radius 2 is 1.73 bits per heavy atom. The fourth-order valence-corrected chi connectivity index (χ4v) is 1.36. The summed E-state index contributed by atoms with van der Waals surface area (Å²) in [6, 6.07) is -0.194. The van der Waals surface area contributed by atoms with Crippen LogP contribution < -0.4 is 5.73 Å². The van der Waals surface area contributed by atoms with E-state index in [1.165, 1.54) is 0 Å². The largest absolute Gasteiger partial charge is 0.351 e. The van der Waals surface area contributed by atoms with Gasteiger partial charge >= 0.3 is 6.03 Å². The predicted molar refractivity (Wildman–Crippen MR) is 46.3 cm³/mol. The summed E-state index contributed by atoms with van der Waals surface area (Å²) in [5, 5.41) is 0. The lowest BCUT2D eigenvalue weighted by Gasteiger charge is -2.37. The van der Waals surface area contributed by atoms with Crippen LogP contribution in [0.5, 0.6) is 0 Å². The van der Waals surface area contributed by atoms with Crippen molar-refractivity contribution in [2.45, 2.75) is 46.2 Å². The number of nitrogens with two attached hydrogens (primary N) is 1. The van der Waals surface area contributed by atoms with Crippen molar-refractivity contribution >= 4 is 6.03 Å². The van der Waals surface area contributed by atoms with Crippen molar-refractivity contribution in [3.8, 4) is 0 Å². The van der Waals surface area contributed by atoms with Crippen LogP contribution in [0.25, 0.3) is 0 Å². The lowest BCUT2D eigenvalue weighted by Crippen LogP contribution is -2.52. The molecule has 0 aromatic rings. The van der Waals surface area contributed by atoms with Gasteiger partial charge in [0.05, 0.1) is 0 Å². The smallest absolute Gasteiger partial charge is 0.315 e. The molecule has 11 heavy (non-hydrogen) atoms. The minimum Gasteiger partial charge on any atom is -0.351 e. The van der Waals surface area contributed by atoms with Crippen molar-refractivity contribution in [3.05, 3.63) is 0 Å². The summed E-state index contributed by atoms with van der Waals surface area (Å²) in [7, 11) is 0. The number of carbonyl (C=O) groups is 1. The fourth-order valence-electron chi connectivity index (χ4n) is 1.36. The number of primary amides is 1. The highest BCUT2D eigenvalue weighted by Crippen LogP contribution is 2.15. The van der Waals surface area contributed by atoms with Crippen LogP contribution in [0.2, 0.25) is 0 Å². The van der Waals surface area contributed by atoms with Crippen LogP contribution in [0.3, 0.4) is 0 Å². The van der Waals surface area contributed by atoms with Crippen LogP contribution in [-0.4, -0.2) is 22.5 Å². The monoisotopic (exact) mass is 158 g/mol. The van der Waals surface area contributed by atoms with E-state index in [1.54, 1.807) is 4.90 Å². The van der Waals surface area contributed by atoms with E-state index in [4.69, 9.17) is 5.73 Å². The molecule has 0 rings (SSSR count). The number of nitrogens with zero attached hydrogens (tertiary/aromatic N) is 1. The Labute approximate surface area is 68.6 Å². The van der Waals surface area contributed by atoms with Crippen LogP contribution in [0.4, 0.5) is 4.79 Å². The first-order chi connectivity index (χ1) is 4.76. The van der Waals surface area contributed by atoms with Gasteiger partial charge in [0.25, 0.3) is 0 Å². The van der Waals surface area contributed by atoms with Crippen molar-refractivity contribution in [1.29, 1.82) is 0 Å². The Balaban J connectivity index is 4.49. The normalized spacial score (nSPS) is 11.8. The van der Waals surface area contributed by atoms with E-state index in [0.717, 1.165) is 0 Å². The standard InChI is InChI=1S/C8H18N2O/c1-6(2)10(7(9)11)8(3,4)5/h6H,1-5H3,(H2,9,11). The molecule has 0 bridgehead atoms. The van der Waals surface area contributed by atoms with Gasteiger partial charge in [-0.25, -0.2) is 4.79 Å². The van der Waals surface area contributed by atoms with E-state index in [2.05, 4.69) is 0 Å². The fraction of sp³-hybridized carbons (Fsp3) is 0.875. The summed E-state index contributed by atoms with van der Waals surface area (Å²) < 4.78 is 0. The highest BCUT2D eigenvalue weighted by molar-refractivity contribution is 5.73. The van der Waals surface area contributed by atoms with Crippen LogP contribution in [0.15, 0.2) is 0 Å². The maximum absolute atomic E-state index is 10.9. The van der Waals surface area contributed by atoms with Gasteiger partial charge in [-0.3, -0.25) is 0 Å². The molecule has 0 radical (unpaired) electrons. The molecule has 66 valence electrons. The number of hydrogen-bond donors (Lipinski definition) is 1. The van der Waals surface area contributed by atoms with Crippen LogP contribution in [0, 0.1) is 0 Å². The van der Waals surface area contributed by atoms with E-state index >= 15 is 0 Å². The third-order valence-electron chi connectivity index (χ3n) is 1.48. The van der Waals surface area contributed by atoms with Gasteiger partial charge in [0.1, 0.15) is 0 Å². The minimum atomic E-state index is -0.354. The summed E-state index contributed by atoms with van der Waals surface area (Å²) in [6.07, 6.45) is 0. The lowest BCUT2D eigenvalue weighted by molar-refractivity contribution is 0.129. The first-order valence-electron chi connectivity index (χ1n) is 3.85. The van der Waals surface area contributed by atoms with Crippen molar-refractivity contribution in [3.63, 3.8) is 0 Å². The van der Waals surface area contributed by atoms with Crippen LogP contribution in [0.1, 0.15) is 34.6 Å². The quantitative estimate of drug-likeness (QED) is 0.618. The molecule has 0 unspecified atom stereocenters. The lowest BCUT2D eigenvalue weighted by atomic mass is 10.0. The van der Waals surface area contributed by atoms with E-state index in [-0.39, 0.29) is 17.6 Å². The summed E-state index contributed by atoms with van der Waals surface area (Å²) in [6.45, 7) is 9.82. The first kappa shape index (κ1) is 10.3. The third-order valence-corrected chi connectivity index (χ3v) is 1.48. The molecule has 0 atom stereocenters. The summed E-state index contributed by atoms with van der Waals surface area (Å²) in [5.74, 6) is 0. The Kier molecular flexibility index (Phi) is 2.91. The molecule has 0 aliphatic rings. The molecule has 0 saturated heterocycles. The number of rotatable bonds is 1. The molecule has 3 heteroatoms. The van der Waals surface area contributed by atoms with Crippen molar-refractivity contribution in [2.75, 3.05) is 0 Å². The van der Waals surface area contributed by atoms with Crippen LogP contribution in [-0.2, 0) is 0 Å². The molecule has 0 aromatic heterocycles. The Bertz CT molecular complexity index is 147. The number of urea groups is 1. The SMILES string of the molecule is CC(C)N(C(N)=O)C(C)(C)C. The summed E-state index contributed by atoms with van der Waals surface area (Å²) >= 11 is 0. The number of carbonyl (C=O) groups excluding carboxylic acids is 1. The highest BCUT2D eigenvalue weighted by atomic mass is 16.2. The van der Waals surface area contributed by atoms with Gasteiger partial charge in [-0.05, 0) is 34.6 Å². The van der Waals surface area contributed by atoms with Crippen molar-refractivity contribution in [2.24, 2.45) is 5.73 Å². The first-order valence-corrected chi connectivity index (χ1v) is 3.85. The van der Waals surface area contributed by atoms with E-state index in [1.807, 2.05) is 34.6 Å². The van der Waals surface area contributed by atoms with Gasteiger partial charge in [0, 0.05) is 11.6 Å². The second kappa shape index (κ2) is 3.11. The molecule has 0 spiro atoms. The van der Waals surface area contributed by atoms with E-state index < -0.39 is 0 Å². The topological polar surface area (TPSA) is 46.3 Å². The molecule has 0 aliphatic carbocycles. The molecule has 0 aromatic carbocycles. The minimum absolute atomic E-state index is 0.160. The second-order valence-corrected chi connectivity index (χ2v) is 3.97. The zero-order valence-corrected chi connectivity index (χ0v) is 8.01. The van der Waals surface area contributed by atoms with Gasteiger partial charge in [0.15, 0.2) is 0 Å². The summed E-state index contributed by atoms with van der Waals surface area (Å²) in [4.78, 5) is 12.6. The molecule has 2 amide bonds. The second-order valence-electron chi connectivity index (χ2n) is 3.97. The number of hydrogen-bond acceptors (Lipinski definition) is 1. The zero-order chi connectivity index (χ0) is 9.23. The molecule has 0 aliphatic heterocycles. The van der Waals surface area contributed by atoms with Gasteiger partial charge in [-0.1, -0.05) is 0 Å². The zero-order valence-electron chi connectivity index (χ0n) is 8.01.